The molecule has 0 radical (unpaired) electrons. The van der Waals surface area contributed by atoms with E-state index in [0.717, 1.165) is 17.3 Å². The summed E-state index contributed by atoms with van der Waals surface area (Å²) >= 11 is 7.08. The Hall–Kier alpha value is -1.46. The first-order valence-corrected chi connectivity index (χ1v) is 6.50. The van der Waals surface area contributed by atoms with Crippen LogP contribution in [0.4, 0.5) is 0 Å². The Morgan fingerprint density at radius 1 is 1.56 bits per heavy atom. The Bertz CT molecular complexity index is 555. The van der Waals surface area contributed by atoms with Gasteiger partial charge in [0.25, 0.3) is 5.91 Å². The summed E-state index contributed by atoms with van der Waals surface area (Å²) in [5.74, 6) is 0.341. The highest BCUT2D eigenvalue weighted by atomic mass is 35.5. The second-order valence-corrected chi connectivity index (χ2v) is 4.98. The van der Waals surface area contributed by atoms with Crippen molar-refractivity contribution in [1.29, 1.82) is 0 Å². The Morgan fingerprint density at radius 2 is 2.33 bits per heavy atom. The van der Waals surface area contributed by atoms with Gasteiger partial charge in [-0.2, -0.15) is 4.99 Å². The van der Waals surface area contributed by atoms with E-state index in [0.29, 0.717) is 22.3 Å². The van der Waals surface area contributed by atoms with E-state index in [2.05, 4.69) is 4.99 Å². The zero-order valence-electron chi connectivity index (χ0n) is 9.64. The van der Waals surface area contributed by atoms with Gasteiger partial charge in [0.15, 0.2) is 5.17 Å². The molecule has 6 heteroatoms. The number of ether oxygens (including phenoxy) is 1. The molecule has 0 atom stereocenters. The maximum Gasteiger partial charge on any atom is 0.286 e. The van der Waals surface area contributed by atoms with Crippen molar-refractivity contribution in [2.24, 2.45) is 10.7 Å². The third kappa shape index (κ3) is 2.86. The second kappa shape index (κ2) is 5.46. The molecule has 0 saturated heterocycles. The van der Waals surface area contributed by atoms with Crippen molar-refractivity contribution in [2.75, 3.05) is 6.61 Å². The lowest BCUT2D eigenvalue weighted by atomic mass is 10.2. The molecule has 0 fully saturated rings. The molecule has 0 aromatic heterocycles. The number of amides is 1. The van der Waals surface area contributed by atoms with Crippen LogP contribution in [0, 0.1) is 0 Å². The van der Waals surface area contributed by atoms with E-state index in [1.165, 1.54) is 0 Å². The number of halogens is 1. The van der Waals surface area contributed by atoms with Gasteiger partial charge in [0.2, 0.25) is 0 Å². The van der Waals surface area contributed by atoms with Crippen LogP contribution in [0.15, 0.2) is 28.1 Å². The largest absolute Gasteiger partial charge is 0.493 e. The Labute approximate surface area is 114 Å². The lowest BCUT2D eigenvalue weighted by Gasteiger charge is -2.07. The zero-order chi connectivity index (χ0) is 13.1. The first-order chi connectivity index (χ1) is 8.60. The van der Waals surface area contributed by atoms with Crippen LogP contribution in [0.3, 0.4) is 0 Å². The number of hydrogen-bond donors (Lipinski definition) is 1. The van der Waals surface area contributed by atoms with E-state index in [-0.39, 0.29) is 11.1 Å². The minimum atomic E-state index is -0.333. The van der Waals surface area contributed by atoms with Gasteiger partial charge in [-0.3, -0.25) is 4.79 Å². The number of benzene rings is 1. The maximum absolute atomic E-state index is 11.5. The lowest BCUT2D eigenvalue weighted by molar-refractivity contribution is -0.113. The molecule has 94 valence electrons. The molecule has 0 saturated carbocycles. The molecular weight excluding hydrogens is 272 g/mol. The summed E-state index contributed by atoms with van der Waals surface area (Å²) in [7, 11) is 0. The minimum absolute atomic E-state index is 0.256. The molecule has 1 aliphatic heterocycles. The van der Waals surface area contributed by atoms with Gasteiger partial charge in [-0.1, -0.05) is 11.6 Å². The normalized spacial score (nSPS) is 17.1. The quantitative estimate of drug-likeness (QED) is 0.866. The SMILES string of the molecule is CCOc1ccc(Cl)cc1/C=C1/SC(N)=NC1=O. The van der Waals surface area contributed by atoms with Crippen molar-refractivity contribution in [2.45, 2.75) is 6.92 Å². The van der Waals surface area contributed by atoms with E-state index in [9.17, 15) is 4.79 Å². The summed E-state index contributed by atoms with van der Waals surface area (Å²) < 4.78 is 5.47. The number of aliphatic imine (C=N–C) groups is 1. The molecule has 1 aliphatic rings. The highest BCUT2D eigenvalue weighted by Crippen LogP contribution is 2.31. The van der Waals surface area contributed by atoms with Gasteiger partial charge in [0, 0.05) is 10.6 Å². The molecule has 2 rings (SSSR count). The molecule has 0 unspecified atom stereocenters. The van der Waals surface area contributed by atoms with Gasteiger partial charge in [0.1, 0.15) is 5.75 Å². The molecule has 0 bridgehead atoms. The Kier molecular flexibility index (Phi) is 3.93. The number of rotatable bonds is 3. The predicted octanol–water partition coefficient (Wildman–Crippen LogP) is 2.67. The van der Waals surface area contributed by atoms with Gasteiger partial charge in [-0.15, -0.1) is 0 Å². The van der Waals surface area contributed by atoms with Crippen molar-refractivity contribution in [1.82, 2.24) is 0 Å². The molecule has 1 aromatic carbocycles. The monoisotopic (exact) mass is 282 g/mol. The summed E-state index contributed by atoms with van der Waals surface area (Å²) in [5, 5.41) is 0.834. The Morgan fingerprint density at radius 3 is 2.94 bits per heavy atom. The number of carbonyl (C=O) groups is 1. The highest BCUT2D eigenvalue weighted by molar-refractivity contribution is 8.18. The fraction of sp³-hybridized carbons (Fsp3) is 0.167. The first kappa shape index (κ1) is 13.0. The molecule has 18 heavy (non-hydrogen) atoms. The molecule has 0 spiro atoms. The second-order valence-electron chi connectivity index (χ2n) is 3.48. The summed E-state index contributed by atoms with van der Waals surface area (Å²) in [4.78, 5) is 15.6. The van der Waals surface area contributed by atoms with Crippen LogP contribution in [-0.4, -0.2) is 17.7 Å². The van der Waals surface area contributed by atoms with Crippen LogP contribution in [0.25, 0.3) is 6.08 Å². The number of thioether (sulfide) groups is 1. The number of amidine groups is 1. The summed E-state index contributed by atoms with van der Waals surface area (Å²) in [6.45, 7) is 2.43. The van der Waals surface area contributed by atoms with Crippen LogP contribution >= 0.6 is 23.4 Å². The highest BCUT2D eigenvalue weighted by Gasteiger charge is 2.20. The average Bonchev–Trinajstić information content (AvgIpc) is 2.61. The number of nitrogens with two attached hydrogens (primary N) is 1. The molecule has 4 nitrogen and oxygen atoms in total. The van der Waals surface area contributed by atoms with Crippen LogP contribution < -0.4 is 10.5 Å². The first-order valence-electron chi connectivity index (χ1n) is 5.30. The maximum atomic E-state index is 11.5. The fourth-order valence-corrected chi connectivity index (χ4v) is 2.34. The van der Waals surface area contributed by atoms with Crippen LogP contribution in [0.2, 0.25) is 5.02 Å². The lowest BCUT2D eigenvalue weighted by Crippen LogP contribution is -2.01. The zero-order valence-corrected chi connectivity index (χ0v) is 11.2. The van der Waals surface area contributed by atoms with Crippen molar-refractivity contribution in [3.05, 3.63) is 33.7 Å². The third-order valence-electron chi connectivity index (χ3n) is 2.20. The van der Waals surface area contributed by atoms with E-state index in [4.69, 9.17) is 22.1 Å². The van der Waals surface area contributed by atoms with Crippen LogP contribution in [0.5, 0.6) is 5.75 Å². The van der Waals surface area contributed by atoms with Crippen LogP contribution in [0.1, 0.15) is 12.5 Å². The standard InChI is InChI=1S/C12H11ClN2O2S/c1-2-17-9-4-3-8(13)5-7(9)6-10-11(16)15-12(14)18-10/h3-6H,2H2,1H3,(H2,14,15,16)/b10-6+. The van der Waals surface area contributed by atoms with Gasteiger partial charge in [0.05, 0.1) is 11.5 Å². The minimum Gasteiger partial charge on any atom is -0.493 e. The van der Waals surface area contributed by atoms with E-state index in [1.54, 1.807) is 24.3 Å². The smallest absolute Gasteiger partial charge is 0.286 e. The molecular formula is C12H11ClN2O2S. The van der Waals surface area contributed by atoms with E-state index in [1.807, 2.05) is 6.92 Å². The van der Waals surface area contributed by atoms with Gasteiger partial charge in [-0.05, 0) is 43.0 Å². The number of carbonyl (C=O) groups excluding carboxylic acids is 1. The fourth-order valence-electron chi connectivity index (χ4n) is 1.49. The van der Waals surface area contributed by atoms with Crippen molar-refractivity contribution >= 4 is 40.5 Å². The summed E-state index contributed by atoms with van der Waals surface area (Å²) in [6.07, 6.45) is 1.69. The molecule has 1 amide bonds. The molecule has 1 aromatic rings. The topological polar surface area (TPSA) is 64.7 Å². The van der Waals surface area contributed by atoms with Crippen LogP contribution in [-0.2, 0) is 4.79 Å². The van der Waals surface area contributed by atoms with Gasteiger partial charge < -0.3 is 10.5 Å². The average molecular weight is 283 g/mol. The van der Waals surface area contributed by atoms with Crippen molar-refractivity contribution < 1.29 is 9.53 Å². The van der Waals surface area contributed by atoms with Gasteiger partial charge in [-0.25, -0.2) is 0 Å². The van der Waals surface area contributed by atoms with Crippen molar-refractivity contribution in [3.8, 4) is 5.75 Å². The summed E-state index contributed by atoms with van der Waals surface area (Å²) in [6, 6.07) is 5.25. The summed E-state index contributed by atoms with van der Waals surface area (Å²) in [5.41, 5.74) is 6.23. The molecule has 2 N–H and O–H groups in total. The van der Waals surface area contributed by atoms with Gasteiger partial charge >= 0.3 is 0 Å². The van der Waals surface area contributed by atoms with E-state index >= 15 is 0 Å². The van der Waals surface area contributed by atoms with E-state index < -0.39 is 0 Å². The predicted molar refractivity (Wildman–Crippen MR) is 74.8 cm³/mol. The number of nitrogens with zero attached hydrogens (tertiary/aromatic N) is 1. The molecule has 0 aliphatic carbocycles. The van der Waals surface area contributed by atoms with Crippen molar-refractivity contribution in [3.63, 3.8) is 0 Å². The Balaban J connectivity index is 2.36. The number of hydrogen-bond acceptors (Lipinski definition) is 4. The molecule has 1 heterocycles. The third-order valence-corrected chi connectivity index (χ3v) is 3.24.